The van der Waals surface area contributed by atoms with Gasteiger partial charge in [0.1, 0.15) is 5.69 Å². The lowest BCUT2D eigenvalue weighted by atomic mass is 10.5. The summed E-state index contributed by atoms with van der Waals surface area (Å²) in [4.78, 5) is -0.645. The minimum atomic E-state index is -0.645. The van der Waals surface area contributed by atoms with Gasteiger partial charge in [-0.2, -0.15) is 5.10 Å². The zero-order chi connectivity index (χ0) is 7.72. The Morgan fingerprint density at radius 2 is 2.20 bits per heavy atom. The zero-order valence-corrected chi connectivity index (χ0v) is 7.45. The van der Waals surface area contributed by atoms with Gasteiger partial charge >= 0.3 is 0 Å². The van der Waals surface area contributed by atoms with Crippen molar-refractivity contribution in [2.75, 3.05) is 0 Å². The Labute approximate surface area is 73.7 Å². The van der Waals surface area contributed by atoms with Gasteiger partial charge in [-0.3, -0.25) is 4.68 Å². The van der Waals surface area contributed by atoms with Crippen LogP contribution in [0.25, 0.3) is 0 Å². The Kier molecular flexibility index (Phi) is 2.45. The number of aryl methyl sites for hydroxylation is 1. The molecule has 10 heavy (non-hydrogen) atoms. The van der Waals surface area contributed by atoms with Crippen molar-refractivity contribution in [3.63, 3.8) is 0 Å². The number of rotatable bonds is 1. The molecule has 0 saturated heterocycles. The largest absolute Gasteiger partial charge is 0.274 e. The maximum absolute atomic E-state index is 5.69. The van der Waals surface area contributed by atoms with Crippen molar-refractivity contribution in [1.82, 2.24) is 9.78 Å². The molecule has 1 heterocycles. The highest BCUT2D eigenvalue weighted by atomic mass is 35.5. The van der Waals surface area contributed by atoms with Crippen LogP contribution in [0.4, 0.5) is 0 Å². The van der Waals surface area contributed by atoms with E-state index < -0.39 is 4.84 Å². The quantitative estimate of drug-likeness (QED) is 0.636. The average molecular weight is 199 g/mol. The highest BCUT2D eigenvalue weighted by Crippen LogP contribution is 2.28. The standard InChI is InChI=1S/C5H5Cl3N2/c1-10-2-3(6)4(9-10)5(7)8/h2,5H,1H3. The summed E-state index contributed by atoms with van der Waals surface area (Å²) in [5.41, 5.74) is 0.507. The smallest absolute Gasteiger partial charge is 0.152 e. The summed E-state index contributed by atoms with van der Waals surface area (Å²) < 4.78 is 1.56. The first-order valence-electron chi connectivity index (χ1n) is 2.58. The van der Waals surface area contributed by atoms with Crippen LogP contribution in [0.2, 0.25) is 5.02 Å². The summed E-state index contributed by atoms with van der Waals surface area (Å²) >= 11 is 16.7. The molecule has 0 aliphatic rings. The minimum absolute atomic E-state index is 0.498. The molecule has 0 radical (unpaired) electrons. The monoisotopic (exact) mass is 198 g/mol. The fourth-order valence-electron chi connectivity index (χ4n) is 0.625. The molecule has 1 aromatic heterocycles. The van der Waals surface area contributed by atoms with E-state index in [1.807, 2.05) is 0 Å². The Hall–Kier alpha value is 0.0800. The molecule has 0 aliphatic carbocycles. The second-order valence-electron chi connectivity index (χ2n) is 1.84. The third kappa shape index (κ3) is 1.57. The number of halogens is 3. The van der Waals surface area contributed by atoms with Crippen molar-refractivity contribution in [3.05, 3.63) is 16.9 Å². The van der Waals surface area contributed by atoms with Crippen molar-refractivity contribution < 1.29 is 0 Å². The zero-order valence-electron chi connectivity index (χ0n) is 5.18. The van der Waals surface area contributed by atoms with Crippen LogP contribution in [0.15, 0.2) is 6.20 Å². The third-order valence-corrected chi connectivity index (χ3v) is 1.72. The van der Waals surface area contributed by atoms with E-state index in [1.54, 1.807) is 17.9 Å². The highest BCUT2D eigenvalue weighted by molar-refractivity contribution is 6.45. The normalized spacial score (nSPS) is 10.9. The molecule has 1 aromatic rings. The molecule has 5 heteroatoms. The van der Waals surface area contributed by atoms with Gasteiger partial charge in [-0.1, -0.05) is 34.8 Å². The molecular formula is C5H5Cl3N2. The van der Waals surface area contributed by atoms with E-state index in [4.69, 9.17) is 34.8 Å². The molecular weight excluding hydrogens is 194 g/mol. The van der Waals surface area contributed by atoms with Gasteiger partial charge in [-0.25, -0.2) is 0 Å². The van der Waals surface area contributed by atoms with Crippen LogP contribution in [0.5, 0.6) is 0 Å². The fraction of sp³-hybridized carbons (Fsp3) is 0.400. The van der Waals surface area contributed by atoms with E-state index >= 15 is 0 Å². The SMILES string of the molecule is Cn1cc(Cl)c(C(Cl)Cl)n1. The summed E-state index contributed by atoms with van der Waals surface area (Å²) in [6, 6.07) is 0. The molecule has 0 saturated carbocycles. The molecule has 0 bridgehead atoms. The number of hydrogen-bond acceptors (Lipinski definition) is 1. The Morgan fingerprint density at radius 3 is 2.40 bits per heavy atom. The molecule has 0 aliphatic heterocycles. The number of hydrogen-bond donors (Lipinski definition) is 0. The van der Waals surface area contributed by atoms with E-state index in [-0.39, 0.29) is 0 Å². The molecule has 1 rings (SSSR count). The lowest BCUT2D eigenvalue weighted by molar-refractivity contribution is 0.752. The van der Waals surface area contributed by atoms with E-state index in [0.717, 1.165) is 0 Å². The second-order valence-corrected chi connectivity index (χ2v) is 3.34. The average Bonchev–Trinajstić information content (AvgIpc) is 2.10. The van der Waals surface area contributed by atoms with Crippen molar-refractivity contribution >= 4 is 34.8 Å². The van der Waals surface area contributed by atoms with Gasteiger partial charge in [0.2, 0.25) is 0 Å². The Morgan fingerprint density at radius 1 is 1.60 bits per heavy atom. The fourth-order valence-corrected chi connectivity index (χ4v) is 1.35. The maximum Gasteiger partial charge on any atom is 0.152 e. The van der Waals surface area contributed by atoms with Crippen LogP contribution < -0.4 is 0 Å². The van der Waals surface area contributed by atoms with Gasteiger partial charge in [0.25, 0.3) is 0 Å². The van der Waals surface area contributed by atoms with Crippen molar-refractivity contribution in [3.8, 4) is 0 Å². The Bertz CT molecular complexity index is 231. The van der Waals surface area contributed by atoms with E-state index in [2.05, 4.69) is 5.10 Å². The van der Waals surface area contributed by atoms with Crippen LogP contribution in [0.3, 0.4) is 0 Å². The van der Waals surface area contributed by atoms with Crippen LogP contribution in [0, 0.1) is 0 Å². The molecule has 0 amide bonds. The predicted octanol–water partition coefficient (Wildman–Crippen LogP) is 2.55. The maximum atomic E-state index is 5.69. The van der Waals surface area contributed by atoms with E-state index in [9.17, 15) is 0 Å². The number of alkyl halides is 2. The number of nitrogens with zero attached hydrogens (tertiary/aromatic N) is 2. The first-order chi connectivity index (χ1) is 4.61. The van der Waals surface area contributed by atoms with Gasteiger partial charge in [-0.15, -0.1) is 0 Å². The Balaban J connectivity index is 3.03. The van der Waals surface area contributed by atoms with Gasteiger partial charge < -0.3 is 0 Å². The highest BCUT2D eigenvalue weighted by Gasteiger charge is 2.11. The molecule has 0 N–H and O–H groups in total. The van der Waals surface area contributed by atoms with Crippen LogP contribution in [0.1, 0.15) is 10.5 Å². The first kappa shape index (κ1) is 8.18. The lowest BCUT2D eigenvalue weighted by Gasteiger charge is -1.93. The van der Waals surface area contributed by atoms with Gasteiger partial charge in [0.15, 0.2) is 4.84 Å². The molecule has 0 unspecified atom stereocenters. The summed E-state index contributed by atoms with van der Waals surface area (Å²) in [5.74, 6) is 0. The predicted molar refractivity (Wildman–Crippen MR) is 42.7 cm³/mol. The van der Waals surface area contributed by atoms with Crippen molar-refractivity contribution in [1.29, 1.82) is 0 Å². The van der Waals surface area contributed by atoms with Gasteiger partial charge in [0, 0.05) is 13.2 Å². The van der Waals surface area contributed by atoms with Crippen molar-refractivity contribution in [2.45, 2.75) is 4.84 Å². The molecule has 0 fully saturated rings. The van der Waals surface area contributed by atoms with Gasteiger partial charge in [-0.05, 0) is 0 Å². The summed E-state index contributed by atoms with van der Waals surface area (Å²) in [6.07, 6.45) is 1.65. The molecule has 0 atom stereocenters. The van der Waals surface area contributed by atoms with E-state index in [1.165, 1.54) is 0 Å². The van der Waals surface area contributed by atoms with E-state index in [0.29, 0.717) is 10.7 Å². The molecule has 0 spiro atoms. The topological polar surface area (TPSA) is 17.8 Å². The van der Waals surface area contributed by atoms with Crippen molar-refractivity contribution in [2.24, 2.45) is 7.05 Å². The summed E-state index contributed by atoms with van der Waals surface area (Å²) in [5, 5.41) is 4.43. The molecule has 0 aromatic carbocycles. The van der Waals surface area contributed by atoms with Crippen LogP contribution in [-0.2, 0) is 7.05 Å². The minimum Gasteiger partial charge on any atom is -0.274 e. The van der Waals surface area contributed by atoms with Crippen LogP contribution in [-0.4, -0.2) is 9.78 Å². The molecule has 2 nitrogen and oxygen atoms in total. The first-order valence-corrected chi connectivity index (χ1v) is 3.83. The summed E-state index contributed by atoms with van der Waals surface area (Å²) in [6.45, 7) is 0. The van der Waals surface area contributed by atoms with Crippen LogP contribution >= 0.6 is 34.8 Å². The lowest BCUT2D eigenvalue weighted by Crippen LogP contribution is -1.89. The number of aromatic nitrogens is 2. The summed E-state index contributed by atoms with van der Waals surface area (Å²) in [7, 11) is 1.76. The van der Waals surface area contributed by atoms with Gasteiger partial charge in [0.05, 0.1) is 5.02 Å². The second kappa shape index (κ2) is 2.99. The third-order valence-electron chi connectivity index (χ3n) is 1.02. The molecule has 56 valence electrons.